The molecule has 0 spiro atoms. The molecule has 1 heterocycles. The third-order valence-electron chi connectivity index (χ3n) is 5.02. The fraction of sp³-hybridized carbons (Fsp3) is 0.364. The zero-order valence-electron chi connectivity index (χ0n) is 16.2. The van der Waals surface area contributed by atoms with Crippen LogP contribution >= 0.6 is 0 Å². The predicted molar refractivity (Wildman–Crippen MR) is 108 cm³/mol. The van der Waals surface area contributed by atoms with E-state index in [2.05, 4.69) is 5.32 Å². The second kappa shape index (κ2) is 9.37. The lowest BCUT2D eigenvalue weighted by Gasteiger charge is -2.34. The predicted octanol–water partition coefficient (Wildman–Crippen LogP) is 2.47. The molecule has 3 amide bonds. The molecule has 1 saturated heterocycles. The Hall–Kier alpha value is -2.86. The number of rotatable bonds is 7. The molecule has 0 saturated carbocycles. The van der Waals surface area contributed by atoms with Crippen molar-refractivity contribution in [3.05, 3.63) is 71.3 Å². The van der Waals surface area contributed by atoms with Gasteiger partial charge in [0.2, 0.25) is 5.91 Å². The monoisotopic (exact) mass is 381 g/mol. The van der Waals surface area contributed by atoms with Gasteiger partial charge in [-0.15, -0.1) is 0 Å². The van der Waals surface area contributed by atoms with E-state index in [9.17, 15) is 14.7 Å². The van der Waals surface area contributed by atoms with Gasteiger partial charge in [-0.25, -0.2) is 4.79 Å². The lowest BCUT2D eigenvalue weighted by molar-refractivity contribution is -0.133. The number of carbonyl (C=O) groups excluding carboxylic acids is 2. The number of hydrogen-bond donors (Lipinski definition) is 2. The Morgan fingerprint density at radius 3 is 2.54 bits per heavy atom. The van der Waals surface area contributed by atoms with Gasteiger partial charge in [0, 0.05) is 19.6 Å². The van der Waals surface area contributed by atoms with E-state index in [4.69, 9.17) is 0 Å². The van der Waals surface area contributed by atoms with Crippen LogP contribution in [0.25, 0.3) is 0 Å². The minimum absolute atomic E-state index is 0.0131. The Kier molecular flexibility index (Phi) is 6.66. The van der Waals surface area contributed by atoms with E-state index in [1.807, 2.05) is 61.5 Å². The molecule has 148 valence electrons. The molecule has 0 radical (unpaired) electrons. The molecule has 0 bridgehead atoms. The van der Waals surface area contributed by atoms with Crippen molar-refractivity contribution in [3.8, 4) is 0 Å². The Labute approximate surface area is 165 Å². The van der Waals surface area contributed by atoms with E-state index >= 15 is 0 Å². The standard InChI is InChI=1S/C22H27N3O3/c1-17-7-9-18(10-8-17)15-24(13-14-26)21(27)16-25-12-11-20(23-22(25)28)19-5-3-2-4-6-19/h2-10,20,26H,11-16H2,1H3,(H,23,28). The Morgan fingerprint density at radius 2 is 1.89 bits per heavy atom. The zero-order valence-corrected chi connectivity index (χ0v) is 16.2. The van der Waals surface area contributed by atoms with E-state index in [1.54, 1.807) is 9.80 Å². The molecule has 1 aliphatic rings. The summed E-state index contributed by atoms with van der Waals surface area (Å²) in [5, 5.41) is 12.3. The van der Waals surface area contributed by atoms with E-state index < -0.39 is 0 Å². The number of aliphatic hydroxyl groups excluding tert-OH is 1. The quantitative estimate of drug-likeness (QED) is 0.774. The topological polar surface area (TPSA) is 72.9 Å². The average Bonchev–Trinajstić information content (AvgIpc) is 2.71. The highest BCUT2D eigenvalue weighted by Crippen LogP contribution is 2.21. The van der Waals surface area contributed by atoms with Gasteiger partial charge in [0.15, 0.2) is 0 Å². The molecular weight excluding hydrogens is 354 g/mol. The SMILES string of the molecule is Cc1ccc(CN(CCO)C(=O)CN2CCC(c3ccccc3)NC2=O)cc1. The summed E-state index contributed by atoms with van der Waals surface area (Å²) in [6, 6.07) is 17.5. The van der Waals surface area contributed by atoms with E-state index in [0.29, 0.717) is 13.1 Å². The average molecular weight is 381 g/mol. The van der Waals surface area contributed by atoms with E-state index in [-0.39, 0.29) is 37.7 Å². The first-order valence-corrected chi connectivity index (χ1v) is 9.61. The third kappa shape index (κ3) is 5.10. The van der Waals surface area contributed by atoms with Gasteiger partial charge < -0.3 is 20.2 Å². The number of carbonyl (C=O) groups is 2. The maximum Gasteiger partial charge on any atom is 0.318 e. The minimum Gasteiger partial charge on any atom is -0.395 e. The molecule has 2 aromatic carbocycles. The van der Waals surface area contributed by atoms with Crippen molar-refractivity contribution >= 4 is 11.9 Å². The van der Waals surface area contributed by atoms with Crippen LogP contribution in [0.5, 0.6) is 0 Å². The summed E-state index contributed by atoms with van der Waals surface area (Å²) in [6.45, 7) is 3.10. The lowest BCUT2D eigenvalue weighted by atomic mass is 10.0. The van der Waals surface area contributed by atoms with E-state index in [1.165, 1.54) is 0 Å². The Bertz CT molecular complexity index is 792. The summed E-state index contributed by atoms with van der Waals surface area (Å²) in [7, 11) is 0. The van der Waals surface area contributed by atoms with Gasteiger partial charge in [-0.2, -0.15) is 0 Å². The second-order valence-electron chi connectivity index (χ2n) is 7.15. The summed E-state index contributed by atoms with van der Waals surface area (Å²) in [6.07, 6.45) is 0.751. The number of amides is 3. The summed E-state index contributed by atoms with van der Waals surface area (Å²) in [5.74, 6) is -0.164. The highest BCUT2D eigenvalue weighted by molar-refractivity contribution is 5.84. The number of aryl methyl sites for hydroxylation is 1. The fourth-order valence-electron chi connectivity index (χ4n) is 3.37. The number of urea groups is 1. The number of aliphatic hydroxyl groups is 1. The molecule has 3 rings (SSSR count). The van der Waals surface area contributed by atoms with Crippen LogP contribution in [0.15, 0.2) is 54.6 Å². The van der Waals surface area contributed by atoms with Gasteiger partial charge in [0.25, 0.3) is 0 Å². The smallest absolute Gasteiger partial charge is 0.318 e. The molecule has 0 aliphatic carbocycles. The first kappa shape index (κ1) is 19.9. The minimum atomic E-state index is -0.229. The lowest BCUT2D eigenvalue weighted by Crippen LogP contribution is -2.52. The van der Waals surface area contributed by atoms with Crippen LogP contribution in [0.1, 0.15) is 29.2 Å². The summed E-state index contributed by atoms with van der Waals surface area (Å²) in [4.78, 5) is 28.4. The van der Waals surface area contributed by atoms with E-state index in [0.717, 1.165) is 23.1 Å². The van der Waals surface area contributed by atoms with Gasteiger partial charge in [-0.05, 0) is 24.5 Å². The van der Waals surface area contributed by atoms with Crippen molar-refractivity contribution in [1.82, 2.24) is 15.1 Å². The van der Waals surface area contributed by atoms with Crippen molar-refractivity contribution in [2.24, 2.45) is 0 Å². The second-order valence-corrected chi connectivity index (χ2v) is 7.15. The molecule has 1 unspecified atom stereocenters. The van der Waals surface area contributed by atoms with Crippen LogP contribution in [0.2, 0.25) is 0 Å². The molecule has 2 N–H and O–H groups in total. The van der Waals surface area contributed by atoms with Crippen molar-refractivity contribution in [1.29, 1.82) is 0 Å². The highest BCUT2D eigenvalue weighted by atomic mass is 16.3. The number of nitrogens with zero attached hydrogens (tertiary/aromatic N) is 2. The van der Waals surface area contributed by atoms with Crippen LogP contribution in [0.3, 0.4) is 0 Å². The van der Waals surface area contributed by atoms with Crippen molar-refractivity contribution in [3.63, 3.8) is 0 Å². The maximum absolute atomic E-state index is 12.8. The largest absolute Gasteiger partial charge is 0.395 e. The Morgan fingerprint density at radius 1 is 1.18 bits per heavy atom. The van der Waals surface area contributed by atoms with Crippen molar-refractivity contribution in [2.75, 3.05) is 26.2 Å². The van der Waals surface area contributed by atoms with Crippen LogP contribution in [0.4, 0.5) is 4.79 Å². The first-order valence-electron chi connectivity index (χ1n) is 9.61. The molecule has 1 fully saturated rings. The van der Waals surface area contributed by atoms with Crippen LogP contribution in [0, 0.1) is 6.92 Å². The van der Waals surface area contributed by atoms with Gasteiger partial charge in [-0.1, -0.05) is 60.2 Å². The van der Waals surface area contributed by atoms with Gasteiger partial charge in [-0.3, -0.25) is 4.79 Å². The molecule has 1 aliphatic heterocycles. The number of nitrogens with one attached hydrogen (secondary N) is 1. The summed E-state index contributed by atoms with van der Waals surface area (Å²) < 4.78 is 0. The van der Waals surface area contributed by atoms with Crippen LogP contribution in [-0.4, -0.2) is 53.1 Å². The maximum atomic E-state index is 12.8. The molecule has 6 nitrogen and oxygen atoms in total. The molecule has 1 atom stereocenters. The fourth-order valence-corrected chi connectivity index (χ4v) is 3.37. The van der Waals surface area contributed by atoms with Crippen LogP contribution in [-0.2, 0) is 11.3 Å². The van der Waals surface area contributed by atoms with Crippen molar-refractivity contribution in [2.45, 2.75) is 25.9 Å². The van der Waals surface area contributed by atoms with Crippen molar-refractivity contribution < 1.29 is 14.7 Å². The molecular formula is C22H27N3O3. The highest BCUT2D eigenvalue weighted by Gasteiger charge is 2.28. The summed E-state index contributed by atoms with van der Waals surface area (Å²) in [5.41, 5.74) is 3.23. The van der Waals surface area contributed by atoms with Gasteiger partial charge in [0.05, 0.1) is 12.6 Å². The first-order chi connectivity index (χ1) is 13.6. The third-order valence-corrected chi connectivity index (χ3v) is 5.02. The van der Waals surface area contributed by atoms with Gasteiger partial charge >= 0.3 is 6.03 Å². The molecule has 28 heavy (non-hydrogen) atoms. The summed E-state index contributed by atoms with van der Waals surface area (Å²) >= 11 is 0. The Balaban J connectivity index is 1.59. The normalized spacial score (nSPS) is 16.6. The zero-order chi connectivity index (χ0) is 19.9. The molecule has 2 aromatic rings. The van der Waals surface area contributed by atoms with Crippen LogP contribution < -0.4 is 5.32 Å². The molecule has 0 aromatic heterocycles. The van der Waals surface area contributed by atoms with Gasteiger partial charge in [0.1, 0.15) is 6.54 Å². The molecule has 6 heteroatoms. The number of hydrogen-bond acceptors (Lipinski definition) is 3. The number of benzene rings is 2.